The lowest BCUT2D eigenvalue weighted by Gasteiger charge is -2.25. The molecule has 0 aliphatic heterocycles. The fourth-order valence-electron chi connectivity index (χ4n) is 2.67. The molecule has 0 aliphatic rings. The Morgan fingerprint density at radius 3 is 2.17 bits per heavy atom. The van der Waals surface area contributed by atoms with E-state index in [-0.39, 0.29) is 25.6 Å². The van der Waals surface area contributed by atoms with Gasteiger partial charge in [-0.25, -0.2) is 4.79 Å². The van der Waals surface area contributed by atoms with Crippen molar-refractivity contribution >= 4 is 23.9 Å². The molecule has 0 fully saturated rings. The highest BCUT2D eigenvalue weighted by molar-refractivity contribution is 5.91. The minimum atomic E-state index is -1.08. The molecule has 0 bridgehead atoms. The van der Waals surface area contributed by atoms with Crippen LogP contribution in [0.15, 0.2) is 30.3 Å². The molecule has 0 unspecified atom stereocenters. The second-order valence-corrected chi connectivity index (χ2v) is 7.28. The minimum absolute atomic E-state index is 0.0107. The highest BCUT2D eigenvalue weighted by Gasteiger charge is 2.30. The van der Waals surface area contributed by atoms with Crippen molar-refractivity contribution in [1.82, 2.24) is 10.6 Å². The molecule has 1 aromatic carbocycles. The Kier molecular flexibility index (Phi) is 10.4. The number of benzene rings is 1. The first kappa shape index (κ1) is 24.9. The Bertz CT molecular complexity index is 723. The number of hydrogen-bond donors (Lipinski definition) is 3. The van der Waals surface area contributed by atoms with E-state index in [1.54, 1.807) is 27.7 Å². The van der Waals surface area contributed by atoms with Crippen LogP contribution in [0.5, 0.6) is 0 Å². The van der Waals surface area contributed by atoms with E-state index in [2.05, 4.69) is 10.6 Å². The van der Waals surface area contributed by atoms with Crippen LogP contribution in [0.4, 0.5) is 4.79 Å². The van der Waals surface area contributed by atoms with Crippen LogP contribution in [0.1, 0.15) is 39.7 Å². The summed E-state index contributed by atoms with van der Waals surface area (Å²) < 4.78 is 10.1. The monoisotopic (exact) mass is 421 g/mol. The van der Waals surface area contributed by atoms with Gasteiger partial charge in [-0.15, -0.1) is 0 Å². The number of ether oxygens (including phenoxy) is 2. The Morgan fingerprint density at radius 1 is 1.00 bits per heavy atom. The largest absolute Gasteiger partial charge is 0.466 e. The molecule has 4 N–H and O–H groups in total. The summed E-state index contributed by atoms with van der Waals surface area (Å²) in [7, 11) is 0. The van der Waals surface area contributed by atoms with Gasteiger partial charge in [0.15, 0.2) is 0 Å². The van der Waals surface area contributed by atoms with Crippen molar-refractivity contribution in [1.29, 1.82) is 0 Å². The first-order chi connectivity index (χ1) is 14.1. The van der Waals surface area contributed by atoms with Gasteiger partial charge in [-0.2, -0.15) is 0 Å². The molecule has 1 aromatic rings. The third-order valence-corrected chi connectivity index (χ3v) is 4.37. The fourth-order valence-corrected chi connectivity index (χ4v) is 2.67. The van der Waals surface area contributed by atoms with Crippen LogP contribution >= 0.6 is 0 Å². The van der Waals surface area contributed by atoms with E-state index < -0.39 is 41.9 Å². The molecule has 30 heavy (non-hydrogen) atoms. The van der Waals surface area contributed by atoms with Gasteiger partial charge in [-0.1, -0.05) is 51.1 Å². The quantitative estimate of drug-likeness (QED) is 0.463. The Balaban J connectivity index is 2.70. The van der Waals surface area contributed by atoms with Gasteiger partial charge in [0.25, 0.3) is 0 Å². The smallest absolute Gasteiger partial charge is 0.408 e. The molecule has 0 spiro atoms. The Morgan fingerprint density at radius 2 is 1.63 bits per heavy atom. The summed E-state index contributed by atoms with van der Waals surface area (Å²) in [6.45, 7) is 7.00. The SMILES string of the molecule is CCOC(=O)[C@@H](C)C[C@@H](NC(=O)[C@@H](NC(=O)OCc1ccccc1)C(C)C)C(N)=O. The number of nitrogens with one attached hydrogen (secondary N) is 2. The molecule has 0 saturated carbocycles. The lowest BCUT2D eigenvalue weighted by molar-refractivity contribution is -0.148. The molecule has 0 heterocycles. The van der Waals surface area contributed by atoms with Crippen molar-refractivity contribution < 1.29 is 28.7 Å². The number of hydrogen-bond acceptors (Lipinski definition) is 6. The zero-order valence-corrected chi connectivity index (χ0v) is 17.8. The predicted octanol–water partition coefficient (Wildman–Crippen LogP) is 1.50. The third-order valence-electron chi connectivity index (χ3n) is 4.37. The van der Waals surface area contributed by atoms with Crippen LogP contribution in [-0.2, 0) is 30.5 Å². The topological polar surface area (TPSA) is 137 Å². The van der Waals surface area contributed by atoms with E-state index in [1.807, 2.05) is 30.3 Å². The standard InChI is InChI=1S/C21H31N3O6/c1-5-29-20(27)14(4)11-16(18(22)25)23-19(26)17(13(2)3)24-21(28)30-12-15-9-7-6-8-10-15/h6-10,13-14,16-17H,5,11-12H2,1-4H3,(H2,22,25)(H,23,26)(H,24,28)/t14-,16+,17-/m0/s1. The van der Waals surface area contributed by atoms with Crippen LogP contribution in [0, 0.1) is 11.8 Å². The fraction of sp³-hybridized carbons (Fsp3) is 0.524. The van der Waals surface area contributed by atoms with Crippen LogP contribution in [0.25, 0.3) is 0 Å². The number of nitrogens with two attached hydrogens (primary N) is 1. The lowest BCUT2D eigenvalue weighted by atomic mass is 9.99. The predicted molar refractivity (Wildman–Crippen MR) is 110 cm³/mol. The van der Waals surface area contributed by atoms with Gasteiger partial charge in [-0.3, -0.25) is 14.4 Å². The summed E-state index contributed by atoms with van der Waals surface area (Å²) in [5.41, 5.74) is 6.18. The molecule has 9 nitrogen and oxygen atoms in total. The molecule has 0 aliphatic carbocycles. The van der Waals surface area contributed by atoms with Gasteiger partial charge >= 0.3 is 12.1 Å². The Labute approximate surface area is 176 Å². The van der Waals surface area contributed by atoms with Gasteiger partial charge in [0.1, 0.15) is 18.7 Å². The molecule has 1 rings (SSSR count). The van der Waals surface area contributed by atoms with Crippen LogP contribution < -0.4 is 16.4 Å². The number of carbonyl (C=O) groups is 4. The number of primary amides is 1. The molecule has 0 aromatic heterocycles. The summed E-state index contributed by atoms with van der Waals surface area (Å²) >= 11 is 0. The molecule has 166 valence electrons. The highest BCUT2D eigenvalue weighted by Crippen LogP contribution is 2.10. The molecule has 0 saturated heterocycles. The van der Waals surface area contributed by atoms with Crippen molar-refractivity contribution in [3.8, 4) is 0 Å². The third kappa shape index (κ3) is 8.50. The van der Waals surface area contributed by atoms with E-state index >= 15 is 0 Å². The van der Waals surface area contributed by atoms with Gasteiger partial charge < -0.3 is 25.8 Å². The average molecular weight is 421 g/mol. The average Bonchev–Trinajstić information content (AvgIpc) is 2.70. The molecule has 0 radical (unpaired) electrons. The molecule has 3 amide bonds. The van der Waals surface area contributed by atoms with E-state index in [0.29, 0.717) is 0 Å². The van der Waals surface area contributed by atoms with Crippen molar-refractivity contribution in [2.75, 3.05) is 6.61 Å². The summed E-state index contributed by atoms with van der Waals surface area (Å²) in [5, 5.41) is 5.02. The zero-order valence-electron chi connectivity index (χ0n) is 17.8. The summed E-state index contributed by atoms with van der Waals surface area (Å²) in [6, 6.07) is 7.07. The number of alkyl carbamates (subject to hydrolysis) is 1. The van der Waals surface area contributed by atoms with Gasteiger partial charge in [0.05, 0.1) is 12.5 Å². The van der Waals surface area contributed by atoms with Crippen molar-refractivity contribution in [2.24, 2.45) is 17.6 Å². The first-order valence-corrected chi connectivity index (χ1v) is 9.89. The van der Waals surface area contributed by atoms with Crippen LogP contribution in [0.3, 0.4) is 0 Å². The van der Waals surface area contributed by atoms with Gasteiger partial charge in [-0.05, 0) is 24.8 Å². The number of amides is 3. The number of rotatable bonds is 11. The maximum atomic E-state index is 12.7. The van der Waals surface area contributed by atoms with Gasteiger partial charge in [0, 0.05) is 0 Å². The van der Waals surface area contributed by atoms with Crippen molar-refractivity contribution in [3.63, 3.8) is 0 Å². The number of carbonyl (C=O) groups excluding carboxylic acids is 4. The van der Waals surface area contributed by atoms with Crippen LogP contribution in [-0.4, -0.2) is 42.6 Å². The summed E-state index contributed by atoms with van der Waals surface area (Å²) in [6.07, 6.45) is -0.772. The summed E-state index contributed by atoms with van der Waals surface area (Å²) in [5.74, 6) is -2.79. The second-order valence-electron chi connectivity index (χ2n) is 7.28. The zero-order chi connectivity index (χ0) is 22.7. The van der Waals surface area contributed by atoms with E-state index in [1.165, 1.54) is 0 Å². The lowest BCUT2D eigenvalue weighted by Crippen LogP contribution is -2.55. The normalized spacial score (nSPS) is 13.6. The molecule has 9 heteroatoms. The highest BCUT2D eigenvalue weighted by atomic mass is 16.5. The molecular weight excluding hydrogens is 390 g/mol. The molecule has 3 atom stereocenters. The van der Waals surface area contributed by atoms with E-state index in [0.717, 1.165) is 5.56 Å². The Hall–Kier alpha value is -3.10. The van der Waals surface area contributed by atoms with E-state index in [4.69, 9.17) is 15.2 Å². The maximum absolute atomic E-state index is 12.7. The summed E-state index contributed by atoms with van der Waals surface area (Å²) in [4.78, 5) is 48.4. The minimum Gasteiger partial charge on any atom is -0.466 e. The maximum Gasteiger partial charge on any atom is 0.408 e. The second kappa shape index (κ2) is 12.5. The molecular formula is C21H31N3O6. The van der Waals surface area contributed by atoms with Crippen molar-refractivity contribution in [2.45, 2.75) is 52.8 Å². The first-order valence-electron chi connectivity index (χ1n) is 9.89. The van der Waals surface area contributed by atoms with Gasteiger partial charge in [0.2, 0.25) is 11.8 Å². The number of esters is 1. The van der Waals surface area contributed by atoms with Crippen LogP contribution in [0.2, 0.25) is 0 Å². The van der Waals surface area contributed by atoms with E-state index in [9.17, 15) is 19.2 Å². The van der Waals surface area contributed by atoms with Crippen molar-refractivity contribution in [3.05, 3.63) is 35.9 Å².